The second-order valence-corrected chi connectivity index (χ2v) is 9.54. The van der Waals surface area contributed by atoms with E-state index in [-0.39, 0.29) is 16.3 Å². The van der Waals surface area contributed by atoms with Gasteiger partial charge in [0, 0.05) is 23.9 Å². The summed E-state index contributed by atoms with van der Waals surface area (Å²) < 4.78 is 42.9. The maximum absolute atomic E-state index is 15.7. The zero-order valence-corrected chi connectivity index (χ0v) is 19.4. The van der Waals surface area contributed by atoms with Crippen molar-refractivity contribution in [3.63, 3.8) is 0 Å². The SMILES string of the molecule is COC(=O)c1sc2c3ncc(Br)cc3n(C(c3ccc(F)cn3)C3CCOCC3)c2c1F. The highest BCUT2D eigenvalue weighted by atomic mass is 79.9. The Balaban J connectivity index is 1.84. The number of methoxy groups -OCH3 is 1. The lowest BCUT2D eigenvalue weighted by Gasteiger charge is -2.32. The summed E-state index contributed by atoms with van der Waals surface area (Å²) in [5.41, 5.74) is 2.18. The molecule has 1 saturated heterocycles. The second-order valence-electron chi connectivity index (χ2n) is 7.60. The zero-order valence-electron chi connectivity index (χ0n) is 17.0. The molecule has 166 valence electrons. The molecule has 1 unspecified atom stereocenters. The monoisotopic (exact) mass is 521 g/mol. The molecule has 6 nitrogen and oxygen atoms in total. The highest BCUT2D eigenvalue weighted by Gasteiger charge is 2.34. The summed E-state index contributed by atoms with van der Waals surface area (Å²) in [6.07, 6.45) is 4.29. The third kappa shape index (κ3) is 3.50. The Morgan fingerprint density at radius 1 is 1.28 bits per heavy atom. The molecule has 0 amide bonds. The van der Waals surface area contributed by atoms with E-state index in [9.17, 15) is 9.18 Å². The topological polar surface area (TPSA) is 66.2 Å². The van der Waals surface area contributed by atoms with E-state index >= 15 is 4.39 Å². The van der Waals surface area contributed by atoms with Crippen molar-refractivity contribution >= 4 is 54.5 Å². The first kappa shape index (κ1) is 21.4. The molecule has 1 atom stereocenters. The molecule has 1 aliphatic rings. The third-order valence-corrected chi connectivity index (χ3v) is 7.37. The van der Waals surface area contributed by atoms with Gasteiger partial charge in [-0.3, -0.25) is 9.97 Å². The number of carbonyl (C=O) groups excluding carboxylic acids is 1. The highest BCUT2D eigenvalue weighted by molar-refractivity contribution is 9.10. The fourth-order valence-corrected chi connectivity index (χ4v) is 5.79. The molecule has 4 aromatic heterocycles. The van der Waals surface area contributed by atoms with Crippen molar-refractivity contribution in [2.24, 2.45) is 5.92 Å². The lowest BCUT2D eigenvalue weighted by atomic mass is 9.89. The summed E-state index contributed by atoms with van der Waals surface area (Å²) >= 11 is 4.49. The van der Waals surface area contributed by atoms with Crippen molar-refractivity contribution in [2.75, 3.05) is 20.3 Å². The Morgan fingerprint density at radius 2 is 2.06 bits per heavy atom. The van der Waals surface area contributed by atoms with E-state index in [4.69, 9.17) is 9.47 Å². The summed E-state index contributed by atoms with van der Waals surface area (Å²) in [5.74, 6) is -1.75. The van der Waals surface area contributed by atoms with Crippen LogP contribution < -0.4 is 0 Å². The van der Waals surface area contributed by atoms with Gasteiger partial charge in [0.2, 0.25) is 0 Å². The molecule has 0 aliphatic carbocycles. The third-order valence-electron chi connectivity index (χ3n) is 5.79. The molecule has 0 spiro atoms. The molecule has 0 N–H and O–H groups in total. The Labute approximate surface area is 194 Å². The van der Waals surface area contributed by atoms with E-state index in [2.05, 4.69) is 25.9 Å². The minimum Gasteiger partial charge on any atom is -0.465 e. The van der Waals surface area contributed by atoms with Crippen molar-refractivity contribution in [1.29, 1.82) is 0 Å². The molecule has 0 aromatic carbocycles. The van der Waals surface area contributed by atoms with E-state index in [1.807, 2.05) is 10.6 Å². The lowest BCUT2D eigenvalue weighted by Crippen LogP contribution is -2.27. The smallest absolute Gasteiger partial charge is 0.351 e. The molecule has 0 radical (unpaired) electrons. The number of rotatable bonds is 4. The molecular weight excluding hydrogens is 504 g/mol. The molecule has 32 heavy (non-hydrogen) atoms. The number of hydrogen-bond donors (Lipinski definition) is 0. The van der Waals surface area contributed by atoms with Crippen LogP contribution in [0.25, 0.3) is 21.3 Å². The Morgan fingerprint density at radius 3 is 2.75 bits per heavy atom. The van der Waals surface area contributed by atoms with Crippen LogP contribution in [0.5, 0.6) is 0 Å². The van der Waals surface area contributed by atoms with E-state index in [0.29, 0.717) is 34.6 Å². The predicted molar refractivity (Wildman–Crippen MR) is 120 cm³/mol. The number of aromatic nitrogens is 3. The van der Waals surface area contributed by atoms with Gasteiger partial charge in [0.25, 0.3) is 0 Å². The summed E-state index contributed by atoms with van der Waals surface area (Å²) in [4.78, 5) is 21.0. The van der Waals surface area contributed by atoms with Crippen molar-refractivity contribution in [1.82, 2.24) is 14.5 Å². The van der Waals surface area contributed by atoms with Crippen LogP contribution in [0.2, 0.25) is 0 Å². The maximum atomic E-state index is 15.7. The van der Waals surface area contributed by atoms with Crippen LogP contribution in [0.4, 0.5) is 8.78 Å². The van der Waals surface area contributed by atoms with Gasteiger partial charge in [-0.2, -0.15) is 0 Å². The van der Waals surface area contributed by atoms with Gasteiger partial charge in [-0.15, -0.1) is 11.3 Å². The molecule has 0 bridgehead atoms. The Kier molecular flexibility index (Phi) is 5.68. The molecule has 1 fully saturated rings. The summed E-state index contributed by atoms with van der Waals surface area (Å²) in [5, 5.41) is 0. The van der Waals surface area contributed by atoms with Gasteiger partial charge in [-0.25, -0.2) is 13.6 Å². The van der Waals surface area contributed by atoms with Crippen LogP contribution in [-0.2, 0) is 9.47 Å². The van der Waals surface area contributed by atoms with Gasteiger partial charge in [0.05, 0.1) is 40.8 Å². The number of fused-ring (bicyclic) bond motifs is 3. The van der Waals surface area contributed by atoms with Crippen LogP contribution in [0.3, 0.4) is 0 Å². The fraction of sp³-hybridized carbons (Fsp3) is 0.318. The van der Waals surface area contributed by atoms with Crippen LogP contribution in [0.15, 0.2) is 35.1 Å². The first-order chi connectivity index (χ1) is 15.5. The normalized spacial score (nSPS) is 16.0. The molecule has 5 heterocycles. The predicted octanol–water partition coefficient (Wildman–Crippen LogP) is 5.49. The molecule has 10 heteroatoms. The number of halogens is 3. The molecule has 0 saturated carbocycles. The van der Waals surface area contributed by atoms with Gasteiger partial charge in [-0.05, 0) is 52.9 Å². The van der Waals surface area contributed by atoms with E-state index in [0.717, 1.165) is 28.7 Å². The molecule has 5 rings (SSSR count). The van der Waals surface area contributed by atoms with Gasteiger partial charge in [-0.1, -0.05) is 0 Å². The summed E-state index contributed by atoms with van der Waals surface area (Å²) in [6, 6.07) is 4.46. The van der Waals surface area contributed by atoms with Crippen LogP contribution in [-0.4, -0.2) is 40.8 Å². The van der Waals surface area contributed by atoms with E-state index < -0.39 is 23.6 Å². The zero-order chi connectivity index (χ0) is 22.4. The number of pyridine rings is 2. The standard InChI is InChI=1S/C22H18BrF2N3O3S/c1-30-22(29)20-16(25)19-21(32-20)17-15(8-12(23)9-27-17)28(19)18(11-4-6-31-7-5-11)14-3-2-13(24)10-26-14/h2-3,8-11,18H,4-7H2,1H3. The van der Waals surface area contributed by atoms with Crippen molar-refractivity contribution in [2.45, 2.75) is 18.9 Å². The lowest BCUT2D eigenvalue weighted by molar-refractivity contribution is 0.0547. The van der Waals surface area contributed by atoms with Crippen LogP contribution in [0.1, 0.15) is 34.2 Å². The Hall–Kier alpha value is -2.43. The largest absolute Gasteiger partial charge is 0.465 e. The molecule has 4 aromatic rings. The van der Waals surface area contributed by atoms with Crippen molar-refractivity contribution in [3.8, 4) is 0 Å². The average molecular weight is 522 g/mol. The number of thiophene rings is 1. The number of nitrogens with zero attached hydrogens (tertiary/aromatic N) is 3. The van der Waals surface area contributed by atoms with E-state index in [1.165, 1.54) is 19.4 Å². The summed E-state index contributed by atoms with van der Waals surface area (Å²) in [7, 11) is 1.22. The second kappa shape index (κ2) is 8.49. The van der Waals surface area contributed by atoms with Gasteiger partial charge >= 0.3 is 5.97 Å². The number of esters is 1. The number of ether oxygens (including phenoxy) is 2. The van der Waals surface area contributed by atoms with Crippen LogP contribution in [0, 0.1) is 17.6 Å². The van der Waals surface area contributed by atoms with Crippen molar-refractivity contribution in [3.05, 3.63) is 57.3 Å². The first-order valence-electron chi connectivity index (χ1n) is 10.0. The summed E-state index contributed by atoms with van der Waals surface area (Å²) in [6.45, 7) is 1.15. The molecule has 1 aliphatic heterocycles. The minimum absolute atomic E-state index is 0.0698. The number of carbonyl (C=O) groups is 1. The Bertz CT molecular complexity index is 1320. The van der Waals surface area contributed by atoms with Gasteiger partial charge < -0.3 is 14.0 Å². The average Bonchev–Trinajstić information content (AvgIpc) is 3.30. The molecular formula is C22H18BrF2N3O3S. The van der Waals surface area contributed by atoms with Crippen molar-refractivity contribution < 1.29 is 23.0 Å². The highest BCUT2D eigenvalue weighted by Crippen LogP contribution is 2.44. The maximum Gasteiger partial charge on any atom is 0.351 e. The van der Waals surface area contributed by atoms with Gasteiger partial charge in [0.15, 0.2) is 10.7 Å². The number of hydrogen-bond acceptors (Lipinski definition) is 6. The minimum atomic E-state index is -0.733. The first-order valence-corrected chi connectivity index (χ1v) is 11.7. The quantitative estimate of drug-likeness (QED) is 0.332. The fourth-order valence-electron chi connectivity index (χ4n) is 4.38. The van der Waals surface area contributed by atoms with E-state index in [1.54, 1.807) is 12.3 Å². The van der Waals surface area contributed by atoms with Crippen LogP contribution >= 0.6 is 27.3 Å². The van der Waals surface area contributed by atoms with Gasteiger partial charge in [0.1, 0.15) is 11.3 Å².